The van der Waals surface area contributed by atoms with Gasteiger partial charge in [0, 0.05) is 0 Å². The van der Waals surface area contributed by atoms with Gasteiger partial charge in [0.05, 0.1) is 0 Å². The maximum Gasteiger partial charge on any atom is -0.00425 e. The average molecular weight is 217 g/mol. The fraction of sp³-hybridized carbons (Fsp3) is 0.467. The summed E-state index contributed by atoms with van der Waals surface area (Å²) in [5.74, 6) is 0. The van der Waals surface area contributed by atoms with Gasteiger partial charge in [-0.05, 0) is 42.0 Å². The molecule has 0 aromatic heterocycles. The first-order chi connectivity index (χ1) is 7.45. The number of hydrogen-bond donors (Lipinski definition) is 1. The Labute approximate surface area is 99.4 Å². The summed E-state index contributed by atoms with van der Waals surface area (Å²) in [6.45, 7) is 9.59. The van der Waals surface area contributed by atoms with Crippen LogP contribution >= 0.6 is 0 Å². The predicted octanol–water partition coefficient (Wildman–Crippen LogP) is 3.65. The van der Waals surface area contributed by atoms with Crippen LogP contribution in [-0.2, 0) is 5.41 Å². The lowest BCUT2D eigenvalue weighted by Crippen LogP contribution is -2.11. The van der Waals surface area contributed by atoms with Gasteiger partial charge in [-0.25, -0.2) is 0 Å². The Morgan fingerprint density at radius 2 is 1.94 bits per heavy atom. The molecule has 1 rings (SSSR count). The number of nitrogens with two attached hydrogens (primary N) is 1. The standard InChI is InChI=1S/C15H23N/c1-12-8-9-14(15(2,3)4)11-13(12)7-5-6-10-16/h5,7-9,11H,6,10,16H2,1-4H3/b7-5+. The summed E-state index contributed by atoms with van der Waals surface area (Å²) < 4.78 is 0. The number of rotatable bonds is 3. The average Bonchev–Trinajstić information content (AvgIpc) is 2.19. The van der Waals surface area contributed by atoms with Crippen LogP contribution in [0.25, 0.3) is 6.08 Å². The van der Waals surface area contributed by atoms with Crippen molar-refractivity contribution < 1.29 is 0 Å². The minimum absolute atomic E-state index is 0.212. The van der Waals surface area contributed by atoms with Gasteiger partial charge < -0.3 is 5.73 Å². The fourth-order valence-electron chi connectivity index (χ4n) is 1.59. The summed E-state index contributed by atoms with van der Waals surface area (Å²) in [5.41, 5.74) is 9.70. The third-order valence-corrected chi connectivity index (χ3v) is 2.78. The Hall–Kier alpha value is -1.08. The van der Waals surface area contributed by atoms with Gasteiger partial charge in [-0.15, -0.1) is 0 Å². The maximum atomic E-state index is 5.48. The van der Waals surface area contributed by atoms with Crippen molar-refractivity contribution >= 4 is 6.08 Å². The van der Waals surface area contributed by atoms with E-state index in [2.05, 4.69) is 58.0 Å². The maximum absolute atomic E-state index is 5.48. The zero-order valence-corrected chi connectivity index (χ0v) is 10.9. The molecule has 2 N–H and O–H groups in total. The SMILES string of the molecule is Cc1ccc(C(C)(C)C)cc1/C=C/CCN. The molecule has 0 atom stereocenters. The highest BCUT2D eigenvalue weighted by atomic mass is 14.5. The molecule has 0 radical (unpaired) electrons. The summed E-state index contributed by atoms with van der Waals surface area (Å²) in [6, 6.07) is 6.70. The second-order valence-electron chi connectivity index (χ2n) is 5.30. The highest BCUT2D eigenvalue weighted by molar-refractivity contribution is 5.55. The Bertz CT molecular complexity index is 370. The fourth-order valence-corrected chi connectivity index (χ4v) is 1.59. The normalized spacial score (nSPS) is 12.3. The summed E-state index contributed by atoms with van der Waals surface area (Å²) >= 11 is 0. The second-order valence-corrected chi connectivity index (χ2v) is 5.30. The Morgan fingerprint density at radius 3 is 2.50 bits per heavy atom. The molecule has 0 fully saturated rings. The van der Waals surface area contributed by atoms with Gasteiger partial charge in [-0.2, -0.15) is 0 Å². The van der Waals surface area contributed by atoms with E-state index in [1.165, 1.54) is 16.7 Å². The van der Waals surface area contributed by atoms with E-state index in [1.807, 2.05) is 0 Å². The van der Waals surface area contributed by atoms with E-state index in [9.17, 15) is 0 Å². The highest BCUT2D eigenvalue weighted by Gasteiger charge is 2.13. The van der Waals surface area contributed by atoms with Crippen LogP contribution < -0.4 is 5.73 Å². The van der Waals surface area contributed by atoms with Crippen LogP contribution in [0, 0.1) is 6.92 Å². The third kappa shape index (κ3) is 3.49. The van der Waals surface area contributed by atoms with Gasteiger partial charge >= 0.3 is 0 Å². The van der Waals surface area contributed by atoms with Crippen LogP contribution in [0.1, 0.15) is 43.9 Å². The Morgan fingerprint density at radius 1 is 1.25 bits per heavy atom. The van der Waals surface area contributed by atoms with Crippen LogP contribution in [-0.4, -0.2) is 6.54 Å². The number of benzene rings is 1. The molecule has 0 bridgehead atoms. The summed E-state index contributed by atoms with van der Waals surface area (Å²) in [7, 11) is 0. The first kappa shape index (κ1) is 13.0. The molecule has 0 aliphatic rings. The van der Waals surface area contributed by atoms with Crippen molar-refractivity contribution in [2.45, 2.75) is 39.5 Å². The summed E-state index contributed by atoms with van der Waals surface area (Å²) in [5, 5.41) is 0. The molecule has 0 unspecified atom stereocenters. The molecule has 0 aliphatic heterocycles. The zero-order valence-electron chi connectivity index (χ0n) is 10.9. The lowest BCUT2D eigenvalue weighted by molar-refractivity contribution is 0.590. The van der Waals surface area contributed by atoms with Crippen molar-refractivity contribution in [2.24, 2.45) is 5.73 Å². The van der Waals surface area contributed by atoms with Gasteiger partial charge in [-0.1, -0.05) is 51.1 Å². The van der Waals surface area contributed by atoms with Crippen molar-refractivity contribution in [1.82, 2.24) is 0 Å². The van der Waals surface area contributed by atoms with Gasteiger partial charge in [0.25, 0.3) is 0 Å². The van der Waals surface area contributed by atoms with Crippen molar-refractivity contribution in [3.63, 3.8) is 0 Å². The minimum atomic E-state index is 0.212. The van der Waals surface area contributed by atoms with E-state index in [-0.39, 0.29) is 5.41 Å². The van der Waals surface area contributed by atoms with Gasteiger partial charge in [0.1, 0.15) is 0 Å². The first-order valence-electron chi connectivity index (χ1n) is 5.93. The summed E-state index contributed by atoms with van der Waals surface area (Å²) in [4.78, 5) is 0. The molecule has 1 nitrogen and oxygen atoms in total. The monoisotopic (exact) mass is 217 g/mol. The van der Waals surface area contributed by atoms with Crippen molar-refractivity contribution in [3.8, 4) is 0 Å². The van der Waals surface area contributed by atoms with Gasteiger partial charge in [0.15, 0.2) is 0 Å². The molecule has 0 saturated heterocycles. The quantitative estimate of drug-likeness (QED) is 0.821. The molecule has 0 amide bonds. The van der Waals surface area contributed by atoms with E-state index >= 15 is 0 Å². The number of hydrogen-bond acceptors (Lipinski definition) is 1. The highest BCUT2D eigenvalue weighted by Crippen LogP contribution is 2.25. The van der Waals surface area contributed by atoms with Crippen LogP contribution in [0.15, 0.2) is 24.3 Å². The minimum Gasteiger partial charge on any atom is -0.330 e. The van der Waals surface area contributed by atoms with Crippen LogP contribution in [0.4, 0.5) is 0 Å². The smallest absolute Gasteiger partial charge is 0.00425 e. The lowest BCUT2D eigenvalue weighted by Gasteiger charge is -2.20. The topological polar surface area (TPSA) is 26.0 Å². The molecular weight excluding hydrogens is 194 g/mol. The van der Waals surface area contributed by atoms with E-state index in [1.54, 1.807) is 0 Å². The van der Waals surface area contributed by atoms with Gasteiger partial charge in [-0.3, -0.25) is 0 Å². The molecule has 0 saturated carbocycles. The molecular formula is C15H23N. The van der Waals surface area contributed by atoms with Crippen LogP contribution in [0.3, 0.4) is 0 Å². The third-order valence-electron chi connectivity index (χ3n) is 2.78. The number of aryl methyl sites for hydroxylation is 1. The van der Waals surface area contributed by atoms with Crippen molar-refractivity contribution in [3.05, 3.63) is 41.0 Å². The Balaban J connectivity index is 3.00. The Kier molecular flexibility index (Phi) is 4.31. The first-order valence-corrected chi connectivity index (χ1v) is 5.93. The molecule has 1 heteroatoms. The molecule has 0 heterocycles. The summed E-state index contributed by atoms with van der Waals surface area (Å²) in [6.07, 6.45) is 5.27. The van der Waals surface area contributed by atoms with Crippen molar-refractivity contribution in [1.29, 1.82) is 0 Å². The van der Waals surface area contributed by atoms with E-state index in [0.717, 1.165) is 6.42 Å². The molecule has 0 aliphatic carbocycles. The van der Waals surface area contributed by atoms with Crippen LogP contribution in [0.5, 0.6) is 0 Å². The second kappa shape index (κ2) is 5.31. The van der Waals surface area contributed by atoms with E-state index in [0.29, 0.717) is 6.54 Å². The van der Waals surface area contributed by atoms with Crippen molar-refractivity contribution in [2.75, 3.05) is 6.54 Å². The molecule has 0 spiro atoms. The molecule has 1 aromatic rings. The van der Waals surface area contributed by atoms with Gasteiger partial charge in [0.2, 0.25) is 0 Å². The zero-order chi connectivity index (χ0) is 12.2. The lowest BCUT2D eigenvalue weighted by atomic mass is 9.85. The molecule has 16 heavy (non-hydrogen) atoms. The van der Waals surface area contributed by atoms with E-state index < -0.39 is 0 Å². The molecule has 88 valence electrons. The largest absolute Gasteiger partial charge is 0.330 e. The predicted molar refractivity (Wildman–Crippen MR) is 72.6 cm³/mol. The van der Waals surface area contributed by atoms with Crippen LogP contribution in [0.2, 0.25) is 0 Å². The van der Waals surface area contributed by atoms with E-state index in [4.69, 9.17) is 5.73 Å². The molecule has 1 aromatic carbocycles.